The van der Waals surface area contributed by atoms with E-state index in [9.17, 15) is 13.2 Å². The van der Waals surface area contributed by atoms with Crippen LogP contribution in [0.25, 0.3) is 10.9 Å². The summed E-state index contributed by atoms with van der Waals surface area (Å²) in [6.07, 6.45) is 2.90. The summed E-state index contributed by atoms with van der Waals surface area (Å²) in [6.45, 7) is 4.81. The Labute approximate surface area is 183 Å². The summed E-state index contributed by atoms with van der Waals surface area (Å²) in [7, 11) is -3.75. The minimum Gasteiger partial charge on any atom is -0.326 e. The third kappa shape index (κ3) is 4.48. The number of carbonyl (C=O) groups is 1. The van der Waals surface area contributed by atoms with Crippen LogP contribution < -0.4 is 5.32 Å². The average Bonchev–Trinajstić information content (AvgIpc) is 2.79. The smallest absolute Gasteiger partial charge is 0.245 e. The monoisotopic (exact) mass is 437 g/mol. The van der Waals surface area contributed by atoms with Crippen LogP contribution in [-0.4, -0.2) is 36.7 Å². The molecule has 1 aliphatic rings. The summed E-state index contributed by atoms with van der Waals surface area (Å²) in [6, 6.07) is 16.6. The van der Waals surface area contributed by atoms with Gasteiger partial charge >= 0.3 is 0 Å². The molecule has 0 bridgehead atoms. The number of sulfonamides is 1. The molecule has 1 atom stereocenters. The zero-order valence-corrected chi connectivity index (χ0v) is 18.6. The number of carbonyl (C=O) groups excluding carboxylic acids is 1. The van der Waals surface area contributed by atoms with Crippen LogP contribution >= 0.6 is 0 Å². The Balaban J connectivity index is 1.51. The van der Waals surface area contributed by atoms with Gasteiger partial charge in [-0.25, -0.2) is 8.42 Å². The molecule has 1 aliphatic heterocycles. The minimum atomic E-state index is -3.75. The van der Waals surface area contributed by atoms with E-state index < -0.39 is 15.9 Å². The maximum absolute atomic E-state index is 13.4. The van der Waals surface area contributed by atoms with Crippen molar-refractivity contribution in [2.24, 2.45) is 5.92 Å². The zero-order chi connectivity index (χ0) is 22.0. The highest BCUT2D eigenvalue weighted by Gasteiger charge is 2.34. The summed E-state index contributed by atoms with van der Waals surface area (Å²) in [5, 5.41) is 3.72. The number of hydrogen-bond donors (Lipinski definition) is 1. The van der Waals surface area contributed by atoms with Crippen LogP contribution in [-0.2, 0) is 14.8 Å². The molecule has 6 nitrogen and oxygen atoms in total. The van der Waals surface area contributed by atoms with Gasteiger partial charge < -0.3 is 5.32 Å². The van der Waals surface area contributed by atoms with Crippen LogP contribution in [0.1, 0.15) is 38.2 Å². The first-order valence-corrected chi connectivity index (χ1v) is 12.0. The fourth-order valence-electron chi connectivity index (χ4n) is 3.99. The number of pyridine rings is 1. The molecule has 3 aromatic rings. The van der Waals surface area contributed by atoms with Crippen molar-refractivity contribution in [1.82, 2.24) is 9.29 Å². The molecule has 0 spiro atoms. The van der Waals surface area contributed by atoms with Crippen molar-refractivity contribution in [2.45, 2.75) is 37.5 Å². The molecule has 1 saturated heterocycles. The fraction of sp³-hybridized carbons (Fsp3) is 0.333. The Morgan fingerprint density at radius 1 is 1.10 bits per heavy atom. The zero-order valence-electron chi connectivity index (χ0n) is 17.8. The van der Waals surface area contributed by atoms with Crippen LogP contribution in [0.15, 0.2) is 65.7 Å². The third-order valence-electron chi connectivity index (χ3n) is 5.81. The number of rotatable bonds is 5. The van der Waals surface area contributed by atoms with Crippen molar-refractivity contribution in [3.8, 4) is 0 Å². The predicted molar refractivity (Wildman–Crippen MR) is 122 cm³/mol. The van der Waals surface area contributed by atoms with Gasteiger partial charge in [0.15, 0.2) is 0 Å². The van der Waals surface area contributed by atoms with E-state index in [0.29, 0.717) is 30.8 Å². The first-order chi connectivity index (χ1) is 14.9. The summed E-state index contributed by atoms with van der Waals surface area (Å²) in [5.74, 6) is -0.116. The molecule has 1 N–H and O–H groups in total. The van der Waals surface area contributed by atoms with Crippen LogP contribution in [0.4, 0.5) is 5.69 Å². The standard InChI is InChI=1S/C24H27N3O3S/c1-17(2)18-10-12-21(13-11-18)26-24(28)20-8-5-15-27(16-20)31(29,30)22-9-3-6-19-7-4-14-25-23(19)22/h3-4,6-7,9-14,17,20H,5,8,15-16H2,1-2H3,(H,26,28)/t20-/m0/s1. The van der Waals surface area contributed by atoms with Gasteiger partial charge in [0.25, 0.3) is 0 Å². The number of fused-ring (bicyclic) bond motifs is 1. The lowest BCUT2D eigenvalue weighted by molar-refractivity contribution is -0.120. The number of hydrogen-bond acceptors (Lipinski definition) is 4. The SMILES string of the molecule is CC(C)c1ccc(NC(=O)[C@H]2CCCN(S(=O)(=O)c3cccc4cccnc34)C2)cc1. The first kappa shape index (κ1) is 21.5. The van der Waals surface area contributed by atoms with E-state index in [1.807, 2.05) is 36.4 Å². The quantitative estimate of drug-likeness (QED) is 0.642. The molecular formula is C24H27N3O3S. The molecule has 1 amide bonds. The van der Waals surface area contributed by atoms with Gasteiger partial charge in [0.1, 0.15) is 4.90 Å². The van der Waals surface area contributed by atoms with Crippen molar-refractivity contribution >= 4 is 32.5 Å². The fourth-order valence-corrected chi connectivity index (χ4v) is 5.68. The lowest BCUT2D eigenvalue weighted by Crippen LogP contribution is -2.43. The van der Waals surface area contributed by atoms with Crippen LogP contribution in [0, 0.1) is 5.92 Å². The van der Waals surface area contributed by atoms with E-state index in [4.69, 9.17) is 0 Å². The number of nitrogens with one attached hydrogen (secondary N) is 1. The molecule has 0 saturated carbocycles. The number of aromatic nitrogens is 1. The second-order valence-electron chi connectivity index (χ2n) is 8.30. The van der Waals surface area contributed by atoms with Crippen molar-refractivity contribution in [2.75, 3.05) is 18.4 Å². The van der Waals surface area contributed by atoms with Crippen LogP contribution in [0.2, 0.25) is 0 Å². The summed E-state index contributed by atoms with van der Waals surface area (Å²) >= 11 is 0. The third-order valence-corrected chi connectivity index (χ3v) is 7.71. The van der Waals surface area contributed by atoms with Gasteiger partial charge in [-0.1, -0.05) is 44.2 Å². The average molecular weight is 438 g/mol. The molecule has 7 heteroatoms. The van der Waals surface area contributed by atoms with Gasteiger partial charge in [0, 0.05) is 30.4 Å². The molecular weight excluding hydrogens is 410 g/mol. The van der Waals surface area contributed by atoms with Gasteiger partial charge in [-0.2, -0.15) is 4.31 Å². The number of nitrogens with zero attached hydrogens (tertiary/aromatic N) is 2. The number of para-hydroxylation sites is 1. The van der Waals surface area contributed by atoms with Crippen LogP contribution in [0.3, 0.4) is 0 Å². The van der Waals surface area contributed by atoms with E-state index in [1.165, 1.54) is 9.87 Å². The van der Waals surface area contributed by atoms with E-state index in [-0.39, 0.29) is 17.3 Å². The van der Waals surface area contributed by atoms with Gasteiger partial charge in [-0.3, -0.25) is 9.78 Å². The van der Waals surface area contributed by atoms with Gasteiger partial charge in [-0.05, 0) is 48.6 Å². The van der Waals surface area contributed by atoms with Gasteiger partial charge in [-0.15, -0.1) is 0 Å². The second-order valence-corrected chi connectivity index (χ2v) is 10.2. The molecule has 2 aromatic carbocycles. The second kappa shape index (κ2) is 8.77. The Morgan fingerprint density at radius 2 is 1.84 bits per heavy atom. The number of amides is 1. The maximum Gasteiger partial charge on any atom is 0.245 e. The molecule has 0 radical (unpaired) electrons. The van der Waals surface area contributed by atoms with E-state index >= 15 is 0 Å². The molecule has 1 fully saturated rings. The summed E-state index contributed by atoms with van der Waals surface area (Å²) in [5.41, 5.74) is 2.39. The lowest BCUT2D eigenvalue weighted by Gasteiger charge is -2.31. The van der Waals surface area contributed by atoms with Crippen molar-refractivity contribution < 1.29 is 13.2 Å². The largest absolute Gasteiger partial charge is 0.326 e. The highest BCUT2D eigenvalue weighted by Crippen LogP contribution is 2.28. The van der Waals surface area contributed by atoms with E-state index in [0.717, 1.165) is 11.1 Å². The highest BCUT2D eigenvalue weighted by atomic mass is 32.2. The molecule has 162 valence electrons. The van der Waals surface area contributed by atoms with Crippen LogP contribution in [0.5, 0.6) is 0 Å². The molecule has 4 rings (SSSR count). The molecule has 0 aliphatic carbocycles. The normalized spacial score (nSPS) is 17.7. The van der Waals surface area contributed by atoms with E-state index in [2.05, 4.69) is 24.1 Å². The van der Waals surface area contributed by atoms with Gasteiger partial charge in [0.05, 0.1) is 11.4 Å². The number of benzene rings is 2. The summed E-state index contributed by atoms with van der Waals surface area (Å²) in [4.78, 5) is 17.3. The number of anilines is 1. The molecule has 0 unspecified atom stereocenters. The highest BCUT2D eigenvalue weighted by molar-refractivity contribution is 7.89. The van der Waals surface area contributed by atoms with Crippen molar-refractivity contribution in [3.63, 3.8) is 0 Å². The van der Waals surface area contributed by atoms with Crippen molar-refractivity contribution in [3.05, 3.63) is 66.4 Å². The summed E-state index contributed by atoms with van der Waals surface area (Å²) < 4.78 is 28.2. The Morgan fingerprint density at radius 3 is 2.58 bits per heavy atom. The van der Waals surface area contributed by atoms with Crippen molar-refractivity contribution in [1.29, 1.82) is 0 Å². The topological polar surface area (TPSA) is 79.4 Å². The molecule has 2 heterocycles. The van der Waals surface area contributed by atoms with Gasteiger partial charge in [0.2, 0.25) is 15.9 Å². The first-order valence-electron chi connectivity index (χ1n) is 10.6. The Kier molecular flexibility index (Phi) is 6.07. The minimum absolute atomic E-state index is 0.145. The predicted octanol–water partition coefficient (Wildman–Crippen LogP) is 4.40. The molecule has 31 heavy (non-hydrogen) atoms. The van der Waals surface area contributed by atoms with E-state index in [1.54, 1.807) is 24.4 Å². The molecule has 1 aromatic heterocycles. The Hall–Kier alpha value is -2.77. The maximum atomic E-state index is 13.4. The number of piperidine rings is 1. The Bertz CT molecular complexity index is 1180. The lowest BCUT2D eigenvalue weighted by atomic mass is 9.98.